The van der Waals surface area contributed by atoms with Gasteiger partial charge in [-0.25, -0.2) is 0 Å². The predicted molar refractivity (Wildman–Crippen MR) is 45.6 cm³/mol. The number of alkyl halides is 3. The van der Waals surface area contributed by atoms with E-state index in [0.717, 1.165) is 0 Å². The summed E-state index contributed by atoms with van der Waals surface area (Å²) in [7, 11) is -3.54. The predicted octanol–water partition coefficient (Wildman–Crippen LogP) is 2.16. The first-order valence-electron chi connectivity index (χ1n) is 4.11. The Morgan fingerprint density at radius 1 is 0.923 bits per heavy atom. The summed E-state index contributed by atoms with van der Waals surface area (Å²) >= 11 is 0. The van der Waals surface area contributed by atoms with Crippen LogP contribution < -0.4 is 0 Å². The highest BCUT2D eigenvalue weighted by Crippen LogP contribution is 2.22. The Hall–Kier alpha value is -0.0731. The van der Waals surface area contributed by atoms with E-state index in [4.69, 9.17) is 8.85 Å². The van der Waals surface area contributed by atoms with Crippen LogP contribution in [0.2, 0.25) is 0 Å². The highest BCUT2D eigenvalue weighted by molar-refractivity contribution is 6.47. The SMILES string of the molecule is CC(C)O[SiH](OC(C)C)C(F)(F)F. The zero-order valence-electron chi connectivity index (χ0n) is 8.18. The van der Waals surface area contributed by atoms with Crippen molar-refractivity contribution in [2.24, 2.45) is 0 Å². The van der Waals surface area contributed by atoms with E-state index in [9.17, 15) is 13.2 Å². The molecule has 0 spiro atoms. The van der Waals surface area contributed by atoms with Gasteiger partial charge in [0.25, 0.3) is 0 Å². The lowest BCUT2D eigenvalue weighted by Crippen LogP contribution is -2.43. The van der Waals surface area contributed by atoms with Crippen molar-refractivity contribution >= 4 is 9.28 Å². The largest absolute Gasteiger partial charge is 0.443 e. The van der Waals surface area contributed by atoms with E-state index >= 15 is 0 Å². The molecule has 0 heterocycles. The molecular weight excluding hydrogens is 201 g/mol. The molecule has 13 heavy (non-hydrogen) atoms. The van der Waals surface area contributed by atoms with Crippen LogP contribution in [0.4, 0.5) is 13.2 Å². The molecule has 0 aromatic rings. The van der Waals surface area contributed by atoms with E-state index in [1.807, 2.05) is 0 Å². The third-order valence-corrected chi connectivity index (χ3v) is 3.18. The zero-order chi connectivity index (χ0) is 10.6. The molecule has 0 aliphatic rings. The van der Waals surface area contributed by atoms with E-state index in [2.05, 4.69) is 0 Å². The van der Waals surface area contributed by atoms with Crippen LogP contribution in [0.1, 0.15) is 27.7 Å². The van der Waals surface area contributed by atoms with Gasteiger partial charge in [-0.3, -0.25) is 0 Å². The van der Waals surface area contributed by atoms with Crippen LogP contribution in [-0.2, 0) is 8.85 Å². The minimum Gasteiger partial charge on any atom is -0.388 e. The number of halogens is 3. The molecule has 0 rings (SSSR count). The van der Waals surface area contributed by atoms with Gasteiger partial charge in [-0.05, 0) is 27.7 Å². The maximum Gasteiger partial charge on any atom is 0.443 e. The van der Waals surface area contributed by atoms with Crippen LogP contribution in [0.15, 0.2) is 0 Å². The molecule has 0 N–H and O–H groups in total. The fourth-order valence-corrected chi connectivity index (χ4v) is 2.04. The fraction of sp³-hybridized carbons (Fsp3) is 1.00. The van der Waals surface area contributed by atoms with Gasteiger partial charge in [0.05, 0.1) is 0 Å². The van der Waals surface area contributed by atoms with E-state index in [1.165, 1.54) is 0 Å². The van der Waals surface area contributed by atoms with Gasteiger partial charge in [0, 0.05) is 12.2 Å². The van der Waals surface area contributed by atoms with Crippen LogP contribution in [0.25, 0.3) is 0 Å². The van der Waals surface area contributed by atoms with E-state index in [0.29, 0.717) is 0 Å². The summed E-state index contributed by atoms with van der Waals surface area (Å²) in [6.07, 6.45) is -0.894. The standard InChI is InChI=1S/C7H15F3O2Si/c1-5(2)11-13(7(8,9)10)12-6(3)4/h5-6,13H,1-4H3. The Bertz CT molecular complexity index is 137. The molecule has 0 unspecified atom stereocenters. The van der Waals surface area contributed by atoms with Crippen molar-refractivity contribution in [3.8, 4) is 0 Å². The molecule has 0 atom stereocenters. The van der Waals surface area contributed by atoms with Crippen LogP contribution >= 0.6 is 0 Å². The summed E-state index contributed by atoms with van der Waals surface area (Å²) in [5.74, 6) is -4.32. The van der Waals surface area contributed by atoms with Crippen molar-refractivity contribution in [3.05, 3.63) is 0 Å². The second-order valence-corrected chi connectivity index (χ2v) is 5.11. The monoisotopic (exact) mass is 216 g/mol. The van der Waals surface area contributed by atoms with Crippen molar-refractivity contribution < 1.29 is 22.0 Å². The average Bonchev–Trinajstić information content (AvgIpc) is 1.81. The molecule has 6 heteroatoms. The van der Waals surface area contributed by atoms with Crippen LogP contribution in [0, 0.1) is 0 Å². The molecule has 0 bridgehead atoms. The van der Waals surface area contributed by atoms with Crippen LogP contribution in [-0.4, -0.2) is 27.3 Å². The Labute approximate surface area is 77.9 Å². The molecule has 0 saturated heterocycles. The summed E-state index contributed by atoms with van der Waals surface area (Å²) in [5.41, 5.74) is 0. The first-order chi connectivity index (χ1) is 5.73. The lowest BCUT2D eigenvalue weighted by molar-refractivity contribution is -0.0952. The molecule has 0 aliphatic heterocycles. The van der Waals surface area contributed by atoms with Crippen LogP contribution in [0.3, 0.4) is 0 Å². The van der Waals surface area contributed by atoms with Crippen molar-refractivity contribution in [3.63, 3.8) is 0 Å². The minimum atomic E-state index is -4.32. The summed E-state index contributed by atoms with van der Waals surface area (Å²) in [4.78, 5) is 0. The number of hydrogen-bond acceptors (Lipinski definition) is 2. The molecular formula is C7H15F3O2Si. The van der Waals surface area contributed by atoms with E-state index in [-0.39, 0.29) is 0 Å². The highest BCUT2D eigenvalue weighted by Gasteiger charge is 2.46. The third kappa shape index (κ3) is 6.06. The molecule has 0 amide bonds. The zero-order valence-corrected chi connectivity index (χ0v) is 9.34. The van der Waals surface area contributed by atoms with Gasteiger partial charge >= 0.3 is 15.1 Å². The molecule has 0 fully saturated rings. The first kappa shape index (κ1) is 12.9. The van der Waals surface area contributed by atoms with Gasteiger partial charge in [-0.15, -0.1) is 0 Å². The second kappa shape index (κ2) is 4.97. The maximum atomic E-state index is 12.3. The summed E-state index contributed by atoms with van der Waals surface area (Å²) < 4.78 is 46.2. The van der Waals surface area contributed by atoms with Gasteiger partial charge in [0.1, 0.15) is 0 Å². The number of rotatable bonds is 4. The number of hydrogen-bond donors (Lipinski definition) is 0. The topological polar surface area (TPSA) is 18.5 Å². The maximum absolute atomic E-state index is 12.3. The fourth-order valence-electron chi connectivity index (χ4n) is 0.681. The summed E-state index contributed by atoms with van der Waals surface area (Å²) in [5, 5.41) is 0. The lowest BCUT2D eigenvalue weighted by atomic mass is 10.5. The molecule has 2 nitrogen and oxygen atoms in total. The lowest BCUT2D eigenvalue weighted by Gasteiger charge is -2.22. The Balaban J connectivity index is 4.20. The molecule has 0 aromatic carbocycles. The van der Waals surface area contributed by atoms with Crippen molar-refractivity contribution in [1.82, 2.24) is 0 Å². The Kier molecular flexibility index (Phi) is 4.94. The Morgan fingerprint density at radius 2 is 1.23 bits per heavy atom. The van der Waals surface area contributed by atoms with Crippen molar-refractivity contribution in [1.29, 1.82) is 0 Å². The highest BCUT2D eigenvalue weighted by atomic mass is 28.3. The van der Waals surface area contributed by atoms with Gasteiger partial charge in [0.2, 0.25) is 0 Å². The van der Waals surface area contributed by atoms with E-state index < -0.39 is 27.3 Å². The normalized spacial score (nSPS) is 13.4. The van der Waals surface area contributed by atoms with Crippen molar-refractivity contribution in [2.45, 2.75) is 45.7 Å². The van der Waals surface area contributed by atoms with Gasteiger partial charge in [-0.2, -0.15) is 13.2 Å². The van der Waals surface area contributed by atoms with Gasteiger partial charge < -0.3 is 8.85 Å². The smallest absolute Gasteiger partial charge is 0.388 e. The Morgan fingerprint density at radius 3 is 1.38 bits per heavy atom. The minimum absolute atomic E-state index is 0.447. The summed E-state index contributed by atoms with van der Waals surface area (Å²) in [6, 6.07) is 0. The van der Waals surface area contributed by atoms with Gasteiger partial charge in [0.15, 0.2) is 0 Å². The van der Waals surface area contributed by atoms with Crippen LogP contribution in [0.5, 0.6) is 0 Å². The first-order valence-corrected chi connectivity index (χ1v) is 5.63. The third-order valence-electron chi connectivity index (χ3n) is 1.06. The molecule has 0 saturated carbocycles. The quantitative estimate of drug-likeness (QED) is 0.670. The van der Waals surface area contributed by atoms with Gasteiger partial charge in [-0.1, -0.05) is 0 Å². The molecule has 80 valence electrons. The molecule has 0 aliphatic carbocycles. The average molecular weight is 216 g/mol. The second-order valence-electron chi connectivity index (χ2n) is 3.24. The summed E-state index contributed by atoms with van der Waals surface area (Å²) in [6.45, 7) is 6.26. The molecule has 0 aromatic heterocycles. The van der Waals surface area contributed by atoms with Crippen molar-refractivity contribution in [2.75, 3.05) is 0 Å². The molecule has 0 radical (unpaired) electrons. The van der Waals surface area contributed by atoms with E-state index in [1.54, 1.807) is 27.7 Å².